The van der Waals surface area contributed by atoms with Gasteiger partial charge in [0, 0.05) is 13.2 Å². The summed E-state index contributed by atoms with van der Waals surface area (Å²) in [7, 11) is 2.82. The largest absolute Gasteiger partial charge is 0.493 e. The highest BCUT2D eigenvalue weighted by atomic mass is 19.4. The summed E-state index contributed by atoms with van der Waals surface area (Å²) in [6.07, 6.45) is -4.59. The van der Waals surface area contributed by atoms with Crippen molar-refractivity contribution in [1.29, 1.82) is 5.26 Å². The van der Waals surface area contributed by atoms with Crippen molar-refractivity contribution in [2.24, 2.45) is 0 Å². The first-order chi connectivity index (χ1) is 14.3. The maximum atomic E-state index is 13.0. The first kappa shape index (κ1) is 22.8. The van der Waals surface area contributed by atoms with E-state index in [2.05, 4.69) is 5.32 Å². The van der Waals surface area contributed by atoms with Gasteiger partial charge in [0.15, 0.2) is 18.1 Å². The average Bonchev–Trinajstić information content (AvgIpc) is 2.72. The topological polar surface area (TPSA) is 89.8 Å². The van der Waals surface area contributed by atoms with Gasteiger partial charge in [-0.2, -0.15) is 18.4 Å². The van der Waals surface area contributed by atoms with Crippen molar-refractivity contribution in [2.45, 2.75) is 6.18 Å². The zero-order chi connectivity index (χ0) is 22.1. The molecule has 2 rings (SSSR count). The molecule has 0 saturated heterocycles. The minimum Gasteiger partial charge on any atom is -0.493 e. The number of benzene rings is 2. The van der Waals surface area contributed by atoms with E-state index in [0.29, 0.717) is 5.56 Å². The van der Waals surface area contributed by atoms with Crippen LogP contribution in [0.3, 0.4) is 0 Å². The summed E-state index contributed by atoms with van der Waals surface area (Å²) in [4.78, 5) is 12.3. The molecule has 0 heterocycles. The molecule has 0 aliphatic heterocycles. The van der Waals surface area contributed by atoms with Crippen LogP contribution in [0, 0.1) is 11.3 Å². The van der Waals surface area contributed by atoms with E-state index < -0.39 is 24.3 Å². The number of nitriles is 1. The fraction of sp³-hybridized carbons (Fsp3) is 0.300. The van der Waals surface area contributed by atoms with Crippen LogP contribution in [0.1, 0.15) is 11.1 Å². The molecule has 0 aliphatic rings. The molecule has 0 unspecified atom stereocenters. The number of carbonyl (C=O) groups is 1. The zero-order valence-electron chi connectivity index (χ0n) is 16.2. The third-order valence-electron chi connectivity index (χ3n) is 3.78. The molecule has 2 aromatic rings. The van der Waals surface area contributed by atoms with Crippen molar-refractivity contribution in [3.63, 3.8) is 0 Å². The molecular weight excluding hydrogens is 405 g/mol. The molecule has 1 N–H and O–H groups in total. The molecule has 0 spiro atoms. The summed E-state index contributed by atoms with van der Waals surface area (Å²) in [5.74, 6) is -0.210. The van der Waals surface area contributed by atoms with Gasteiger partial charge in [0.1, 0.15) is 12.4 Å². The zero-order valence-corrected chi connectivity index (χ0v) is 16.2. The number of hydrogen-bond donors (Lipinski definition) is 1. The van der Waals surface area contributed by atoms with Crippen LogP contribution in [0.15, 0.2) is 36.4 Å². The lowest BCUT2D eigenvalue weighted by molar-refractivity contribution is -0.137. The standard InChI is InChI=1S/C20H19F3N2O5/c1-27-7-8-29-16-6-4-14(20(21,22)23)10-15(16)25-19(26)12-30-17-5-3-13(11-24)9-18(17)28-2/h3-6,9-10H,7-8,12H2,1-2H3,(H,25,26). The minimum absolute atomic E-state index is 0.0596. The number of anilines is 1. The van der Waals surface area contributed by atoms with E-state index in [9.17, 15) is 18.0 Å². The van der Waals surface area contributed by atoms with E-state index >= 15 is 0 Å². The highest BCUT2D eigenvalue weighted by molar-refractivity contribution is 5.93. The van der Waals surface area contributed by atoms with Crippen molar-refractivity contribution >= 4 is 11.6 Å². The summed E-state index contributed by atoms with van der Waals surface area (Å²) in [5, 5.41) is 11.3. The lowest BCUT2D eigenvalue weighted by atomic mass is 10.1. The Hall–Kier alpha value is -3.45. The lowest BCUT2D eigenvalue weighted by Crippen LogP contribution is -2.21. The van der Waals surface area contributed by atoms with Gasteiger partial charge < -0.3 is 24.3 Å². The van der Waals surface area contributed by atoms with Gasteiger partial charge in [0.2, 0.25) is 0 Å². The number of methoxy groups -OCH3 is 2. The van der Waals surface area contributed by atoms with Gasteiger partial charge in [0.05, 0.1) is 36.6 Å². The number of alkyl halides is 3. The number of carbonyl (C=O) groups excluding carboxylic acids is 1. The van der Waals surface area contributed by atoms with Crippen molar-refractivity contribution in [2.75, 3.05) is 39.4 Å². The third kappa shape index (κ3) is 6.28. The Morgan fingerprint density at radius 1 is 1.03 bits per heavy atom. The summed E-state index contributed by atoms with van der Waals surface area (Å²) < 4.78 is 59.8. The van der Waals surface area contributed by atoms with Gasteiger partial charge >= 0.3 is 6.18 Å². The third-order valence-corrected chi connectivity index (χ3v) is 3.78. The predicted octanol–water partition coefficient (Wildman–Crippen LogP) is 3.63. The second kappa shape index (κ2) is 10.4. The second-order valence-electron chi connectivity index (χ2n) is 5.86. The Balaban J connectivity index is 2.13. The van der Waals surface area contributed by atoms with E-state index in [-0.39, 0.29) is 36.1 Å². The Labute approximate surface area is 170 Å². The summed E-state index contributed by atoms with van der Waals surface area (Å²) in [6, 6.07) is 9.06. The Morgan fingerprint density at radius 3 is 2.40 bits per heavy atom. The number of nitrogens with one attached hydrogen (secondary N) is 1. The van der Waals surface area contributed by atoms with Crippen LogP contribution in [0.2, 0.25) is 0 Å². The van der Waals surface area contributed by atoms with Gasteiger partial charge in [-0.1, -0.05) is 0 Å². The molecule has 160 valence electrons. The monoisotopic (exact) mass is 424 g/mol. The number of ether oxygens (including phenoxy) is 4. The summed E-state index contributed by atoms with van der Waals surface area (Å²) in [6.45, 7) is -0.199. The molecule has 30 heavy (non-hydrogen) atoms. The average molecular weight is 424 g/mol. The van der Waals surface area contributed by atoms with Gasteiger partial charge in [-0.15, -0.1) is 0 Å². The first-order valence-corrected chi connectivity index (χ1v) is 8.62. The fourth-order valence-corrected chi connectivity index (χ4v) is 2.35. The van der Waals surface area contributed by atoms with Crippen molar-refractivity contribution in [1.82, 2.24) is 0 Å². The van der Waals surface area contributed by atoms with Crippen LogP contribution in [0.4, 0.5) is 18.9 Å². The van der Waals surface area contributed by atoms with Gasteiger partial charge in [0.25, 0.3) is 5.91 Å². The lowest BCUT2D eigenvalue weighted by Gasteiger charge is -2.16. The normalized spacial score (nSPS) is 10.8. The molecule has 7 nitrogen and oxygen atoms in total. The van der Waals surface area contributed by atoms with E-state index in [4.69, 9.17) is 24.2 Å². The maximum Gasteiger partial charge on any atom is 0.416 e. The van der Waals surface area contributed by atoms with Gasteiger partial charge in [-0.3, -0.25) is 4.79 Å². The van der Waals surface area contributed by atoms with E-state index in [1.165, 1.54) is 32.4 Å². The molecule has 10 heteroatoms. The van der Waals surface area contributed by atoms with Gasteiger partial charge in [-0.05, 0) is 30.3 Å². The summed E-state index contributed by atoms with van der Waals surface area (Å²) >= 11 is 0. The molecule has 0 aromatic heterocycles. The second-order valence-corrected chi connectivity index (χ2v) is 5.86. The molecule has 2 aromatic carbocycles. The number of hydrogen-bond acceptors (Lipinski definition) is 6. The first-order valence-electron chi connectivity index (χ1n) is 8.62. The van der Waals surface area contributed by atoms with Crippen LogP contribution < -0.4 is 19.5 Å². The van der Waals surface area contributed by atoms with Crippen molar-refractivity contribution in [3.05, 3.63) is 47.5 Å². The SMILES string of the molecule is COCCOc1ccc(C(F)(F)F)cc1NC(=O)COc1ccc(C#N)cc1OC. The predicted molar refractivity (Wildman–Crippen MR) is 101 cm³/mol. The fourth-order valence-electron chi connectivity index (χ4n) is 2.35. The number of rotatable bonds is 9. The highest BCUT2D eigenvalue weighted by Gasteiger charge is 2.31. The quantitative estimate of drug-likeness (QED) is 0.619. The molecular formula is C20H19F3N2O5. The molecule has 0 fully saturated rings. The molecule has 0 radical (unpaired) electrons. The smallest absolute Gasteiger partial charge is 0.416 e. The van der Waals surface area contributed by atoms with Crippen molar-refractivity contribution in [3.8, 4) is 23.3 Å². The van der Waals surface area contributed by atoms with Crippen LogP contribution >= 0.6 is 0 Å². The van der Waals surface area contributed by atoms with Crippen LogP contribution in [0.25, 0.3) is 0 Å². The van der Waals surface area contributed by atoms with E-state index in [0.717, 1.165) is 18.2 Å². The Kier molecular flexibility index (Phi) is 7.89. The Morgan fingerprint density at radius 2 is 1.77 bits per heavy atom. The number of amides is 1. The minimum atomic E-state index is -4.59. The molecule has 1 amide bonds. The Bertz CT molecular complexity index is 926. The van der Waals surface area contributed by atoms with E-state index in [1.54, 1.807) is 0 Å². The van der Waals surface area contributed by atoms with Gasteiger partial charge in [-0.25, -0.2) is 0 Å². The highest BCUT2D eigenvalue weighted by Crippen LogP contribution is 2.35. The number of nitrogens with zero attached hydrogens (tertiary/aromatic N) is 1. The molecule has 0 bridgehead atoms. The van der Waals surface area contributed by atoms with Crippen LogP contribution in [0.5, 0.6) is 17.2 Å². The van der Waals surface area contributed by atoms with Crippen molar-refractivity contribution < 1.29 is 36.9 Å². The van der Waals surface area contributed by atoms with E-state index in [1.807, 2.05) is 6.07 Å². The van der Waals surface area contributed by atoms with Crippen LogP contribution in [-0.4, -0.2) is 39.9 Å². The number of halogens is 3. The van der Waals surface area contributed by atoms with Crippen LogP contribution in [-0.2, 0) is 15.7 Å². The molecule has 0 saturated carbocycles. The summed E-state index contributed by atoms with van der Waals surface area (Å²) in [5.41, 5.74) is -0.752. The maximum absolute atomic E-state index is 13.0. The molecule has 0 atom stereocenters. The molecule has 0 aliphatic carbocycles.